The molecule has 1 aliphatic rings. The molecule has 1 heterocycles. The summed E-state index contributed by atoms with van der Waals surface area (Å²) in [6, 6.07) is 9.88. The van der Waals surface area contributed by atoms with Gasteiger partial charge in [0.25, 0.3) is 0 Å². The number of fused-ring (bicyclic) bond motifs is 1. The molecular weight excluding hydrogens is 248 g/mol. The molecule has 0 saturated carbocycles. The number of hydrogen-bond acceptors (Lipinski definition) is 2. The molecule has 1 N–H and O–H groups in total. The Labute approximate surface area is 118 Å². The van der Waals surface area contributed by atoms with E-state index in [0.717, 1.165) is 35.9 Å². The van der Waals surface area contributed by atoms with E-state index in [9.17, 15) is 4.79 Å². The highest BCUT2D eigenvalue weighted by molar-refractivity contribution is 5.96. The summed E-state index contributed by atoms with van der Waals surface area (Å²) in [4.78, 5) is 16.8. The third-order valence-electron chi connectivity index (χ3n) is 3.99. The minimum Gasteiger partial charge on any atom is -0.324 e. The summed E-state index contributed by atoms with van der Waals surface area (Å²) >= 11 is 0. The number of allylic oxidation sites excluding steroid dienone is 2. The van der Waals surface area contributed by atoms with Crippen molar-refractivity contribution < 1.29 is 4.79 Å². The summed E-state index contributed by atoms with van der Waals surface area (Å²) in [6.45, 7) is 2.03. The first-order valence-corrected chi connectivity index (χ1v) is 6.99. The Bertz CT molecular complexity index is 677. The van der Waals surface area contributed by atoms with Crippen molar-refractivity contribution in [3.8, 4) is 0 Å². The Balaban J connectivity index is 1.82. The average molecular weight is 266 g/mol. The zero-order chi connectivity index (χ0) is 14.0. The van der Waals surface area contributed by atoms with Crippen LogP contribution in [0.3, 0.4) is 0 Å². The molecule has 0 bridgehead atoms. The van der Waals surface area contributed by atoms with Crippen LogP contribution in [0.5, 0.6) is 0 Å². The minimum absolute atomic E-state index is 0.0823. The Morgan fingerprint density at radius 2 is 2.15 bits per heavy atom. The van der Waals surface area contributed by atoms with Gasteiger partial charge in [0.05, 0.1) is 22.8 Å². The van der Waals surface area contributed by atoms with Crippen molar-refractivity contribution >= 4 is 22.5 Å². The predicted molar refractivity (Wildman–Crippen MR) is 81.5 cm³/mol. The molecule has 0 aliphatic heterocycles. The Morgan fingerprint density at radius 3 is 2.95 bits per heavy atom. The zero-order valence-corrected chi connectivity index (χ0v) is 11.6. The van der Waals surface area contributed by atoms with Gasteiger partial charge in [-0.1, -0.05) is 37.3 Å². The number of carbonyl (C=O) groups excluding carboxylic acids is 1. The van der Waals surface area contributed by atoms with Gasteiger partial charge in [0, 0.05) is 5.39 Å². The zero-order valence-electron chi connectivity index (χ0n) is 11.6. The van der Waals surface area contributed by atoms with Crippen LogP contribution >= 0.6 is 0 Å². The molecule has 20 heavy (non-hydrogen) atoms. The normalized spacial score (nSPS) is 21.9. The molecular formula is C17H18N2O. The summed E-state index contributed by atoms with van der Waals surface area (Å²) in [5.41, 5.74) is 1.40. The number of nitrogens with one attached hydrogen (secondary N) is 1. The van der Waals surface area contributed by atoms with E-state index < -0.39 is 0 Å². The van der Waals surface area contributed by atoms with Crippen LogP contribution in [0.15, 0.2) is 48.7 Å². The van der Waals surface area contributed by atoms with Crippen LogP contribution < -0.4 is 5.32 Å². The Kier molecular flexibility index (Phi) is 3.26. The molecule has 0 fully saturated rings. The number of anilines is 1. The number of pyridine rings is 1. The number of nitrogens with zero attached hydrogens (tertiary/aromatic N) is 1. The molecule has 1 atom stereocenters. The van der Waals surface area contributed by atoms with Crippen molar-refractivity contribution in [3.63, 3.8) is 0 Å². The van der Waals surface area contributed by atoms with Crippen molar-refractivity contribution in [2.24, 2.45) is 5.41 Å². The first-order chi connectivity index (χ1) is 9.67. The molecule has 0 spiro atoms. The van der Waals surface area contributed by atoms with E-state index in [-0.39, 0.29) is 11.3 Å². The van der Waals surface area contributed by atoms with Crippen LogP contribution in [0.4, 0.5) is 5.69 Å². The smallest absolute Gasteiger partial charge is 0.230 e. The molecule has 102 valence electrons. The van der Waals surface area contributed by atoms with Gasteiger partial charge in [0.1, 0.15) is 0 Å². The molecule has 1 aromatic heterocycles. The molecule has 1 unspecified atom stereocenters. The second kappa shape index (κ2) is 5.08. The van der Waals surface area contributed by atoms with E-state index in [4.69, 9.17) is 0 Å². The van der Waals surface area contributed by atoms with Crippen LogP contribution in [0.2, 0.25) is 0 Å². The molecule has 1 aliphatic carbocycles. The van der Waals surface area contributed by atoms with Crippen molar-refractivity contribution in [2.45, 2.75) is 26.2 Å². The molecule has 3 nitrogen and oxygen atoms in total. The standard InChI is InChI=1S/C17H18N2O/c1-17(9-5-2-6-10-17)16(20)19-14-11-13-7-3-4-8-15(13)18-12-14/h2-5,7-8,11-12H,6,9-10H2,1H3,(H,19,20). The number of amides is 1. The summed E-state index contributed by atoms with van der Waals surface area (Å²) in [5.74, 6) is 0.0823. The van der Waals surface area contributed by atoms with E-state index >= 15 is 0 Å². The number of carbonyl (C=O) groups is 1. The molecule has 0 saturated heterocycles. The molecule has 1 aromatic carbocycles. The average Bonchev–Trinajstić information content (AvgIpc) is 2.48. The Morgan fingerprint density at radius 1 is 1.30 bits per heavy atom. The van der Waals surface area contributed by atoms with E-state index in [2.05, 4.69) is 22.5 Å². The van der Waals surface area contributed by atoms with Gasteiger partial charge < -0.3 is 5.32 Å². The number of para-hydroxylation sites is 1. The minimum atomic E-state index is -0.305. The highest BCUT2D eigenvalue weighted by atomic mass is 16.2. The number of rotatable bonds is 2. The fourth-order valence-electron chi connectivity index (χ4n) is 2.59. The number of hydrogen-bond donors (Lipinski definition) is 1. The fraction of sp³-hybridized carbons (Fsp3) is 0.294. The van der Waals surface area contributed by atoms with Gasteiger partial charge in [0.2, 0.25) is 5.91 Å². The van der Waals surface area contributed by atoms with Crippen molar-refractivity contribution in [1.82, 2.24) is 4.98 Å². The maximum atomic E-state index is 12.5. The summed E-state index contributed by atoms with van der Waals surface area (Å²) < 4.78 is 0. The quantitative estimate of drug-likeness (QED) is 0.837. The van der Waals surface area contributed by atoms with Crippen molar-refractivity contribution in [2.75, 3.05) is 5.32 Å². The van der Waals surface area contributed by atoms with Crippen LogP contribution in [0.25, 0.3) is 10.9 Å². The third kappa shape index (κ3) is 2.44. The summed E-state index contributed by atoms with van der Waals surface area (Å²) in [7, 11) is 0. The highest BCUT2D eigenvalue weighted by Gasteiger charge is 2.32. The lowest BCUT2D eigenvalue weighted by molar-refractivity contribution is -0.125. The van der Waals surface area contributed by atoms with Crippen molar-refractivity contribution in [1.29, 1.82) is 0 Å². The first kappa shape index (κ1) is 12.9. The predicted octanol–water partition coefficient (Wildman–Crippen LogP) is 3.92. The summed E-state index contributed by atoms with van der Waals surface area (Å²) in [6.07, 6.45) is 8.65. The lowest BCUT2D eigenvalue weighted by Gasteiger charge is -2.29. The summed E-state index contributed by atoms with van der Waals surface area (Å²) in [5, 5.41) is 4.05. The number of benzene rings is 1. The third-order valence-corrected chi connectivity index (χ3v) is 3.99. The van der Waals surface area contributed by atoms with Crippen LogP contribution in [0, 0.1) is 5.41 Å². The lowest BCUT2D eigenvalue weighted by Crippen LogP contribution is -2.34. The van der Waals surface area contributed by atoms with Gasteiger partial charge in [-0.15, -0.1) is 0 Å². The molecule has 2 aromatic rings. The van der Waals surface area contributed by atoms with Gasteiger partial charge in [-0.25, -0.2) is 0 Å². The molecule has 3 rings (SSSR count). The second-order valence-electron chi connectivity index (χ2n) is 5.65. The SMILES string of the molecule is CC1(C(=O)Nc2cnc3ccccc3c2)CC=CCC1. The van der Waals surface area contributed by atoms with E-state index in [1.54, 1.807) is 6.20 Å². The maximum Gasteiger partial charge on any atom is 0.230 e. The van der Waals surface area contributed by atoms with E-state index in [1.807, 2.05) is 37.3 Å². The van der Waals surface area contributed by atoms with E-state index in [0.29, 0.717) is 0 Å². The Hall–Kier alpha value is -2.16. The monoisotopic (exact) mass is 266 g/mol. The topological polar surface area (TPSA) is 42.0 Å². The largest absolute Gasteiger partial charge is 0.324 e. The van der Waals surface area contributed by atoms with Gasteiger partial charge in [-0.3, -0.25) is 9.78 Å². The molecule has 0 radical (unpaired) electrons. The lowest BCUT2D eigenvalue weighted by atomic mass is 9.78. The second-order valence-corrected chi connectivity index (χ2v) is 5.65. The molecule has 1 amide bonds. The van der Waals surface area contributed by atoms with Gasteiger partial charge in [-0.05, 0) is 31.4 Å². The van der Waals surface area contributed by atoms with Gasteiger partial charge >= 0.3 is 0 Å². The van der Waals surface area contributed by atoms with Gasteiger partial charge in [0.15, 0.2) is 0 Å². The van der Waals surface area contributed by atoms with Gasteiger partial charge in [-0.2, -0.15) is 0 Å². The van der Waals surface area contributed by atoms with E-state index in [1.165, 1.54) is 0 Å². The van der Waals surface area contributed by atoms with Crippen LogP contribution in [-0.4, -0.2) is 10.9 Å². The van der Waals surface area contributed by atoms with Crippen LogP contribution in [0.1, 0.15) is 26.2 Å². The fourth-order valence-corrected chi connectivity index (χ4v) is 2.59. The molecule has 3 heteroatoms. The van der Waals surface area contributed by atoms with Crippen LogP contribution in [-0.2, 0) is 4.79 Å². The maximum absolute atomic E-state index is 12.5. The van der Waals surface area contributed by atoms with Crippen molar-refractivity contribution in [3.05, 3.63) is 48.7 Å². The highest BCUT2D eigenvalue weighted by Crippen LogP contribution is 2.33. The number of aromatic nitrogens is 1. The first-order valence-electron chi connectivity index (χ1n) is 6.99.